The molecule has 2 aromatic rings. The van der Waals surface area contributed by atoms with Gasteiger partial charge in [0.1, 0.15) is 11.5 Å². The van der Waals surface area contributed by atoms with Crippen molar-refractivity contribution in [3.63, 3.8) is 0 Å². The topological polar surface area (TPSA) is 18.5 Å². The Balaban J connectivity index is 1.69. The second-order valence-electron chi connectivity index (χ2n) is 10.4. The summed E-state index contributed by atoms with van der Waals surface area (Å²) in [5, 5.41) is 0. The molecule has 6 atom stereocenters. The molecule has 0 N–H and O–H groups in total. The predicted octanol–water partition coefficient (Wildman–Crippen LogP) is 6.29. The van der Waals surface area contributed by atoms with Gasteiger partial charge >= 0.3 is 12.4 Å². The van der Waals surface area contributed by atoms with E-state index in [0.717, 1.165) is 0 Å². The number of alkyl halides is 6. The first kappa shape index (κ1) is 21.2. The van der Waals surface area contributed by atoms with E-state index in [-0.39, 0.29) is 0 Å². The number of ether oxygens (including phenoxy) is 2. The normalized spacial score (nSPS) is 41.2. The summed E-state index contributed by atoms with van der Waals surface area (Å²) in [6, 6.07) is 12.2. The highest BCUT2D eigenvalue weighted by Gasteiger charge is 3.28. The number of methoxy groups -OCH3 is 2. The minimum atomic E-state index is -5.01. The standard InChI is InChI=1S/C25H22F6O2/c1-19(2)17-20(13-5-9-15(32-3)10-6-13)21(14-7-11-16(33-4)12-8-14)18(19)23(21,25(29,30)31)22(17,20)24(26,27)28/h5-12,17-18H,1-4H3. The first-order valence-corrected chi connectivity index (χ1v) is 10.7. The van der Waals surface area contributed by atoms with Gasteiger partial charge in [-0.05, 0) is 52.6 Å². The van der Waals surface area contributed by atoms with Gasteiger partial charge in [0.05, 0.1) is 25.0 Å². The maximum Gasteiger partial charge on any atom is 0.396 e. The fourth-order valence-electron chi connectivity index (χ4n) is 9.61. The van der Waals surface area contributed by atoms with Gasteiger partial charge in [0, 0.05) is 10.8 Å². The van der Waals surface area contributed by atoms with Crippen LogP contribution in [0.4, 0.5) is 26.3 Å². The van der Waals surface area contributed by atoms with Crippen LogP contribution < -0.4 is 9.47 Å². The summed E-state index contributed by atoms with van der Waals surface area (Å²) in [5.74, 6) is -1.45. The number of rotatable bonds is 4. The van der Waals surface area contributed by atoms with Gasteiger partial charge in [-0.3, -0.25) is 0 Å². The van der Waals surface area contributed by atoms with Crippen molar-refractivity contribution >= 4 is 0 Å². The Morgan fingerprint density at radius 1 is 0.606 bits per heavy atom. The van der Waals surface area contributed by atoms with E-state index in [0.29, 0.717) is 22.6 Å². The average Bonchev–Trinajstić information content (AvgIpc) is 3.50. The molecule has 0 aliphatic heterocycles. The van der Waals surface area contributed by atoms with Crippen molar-refractivity contribution in [3.05, 3.63) is 59.7 Å². The summed E-state index contributed by atoms with van der Waals surface area (Å²) < 4.78 is 99.9. The Morgan fingerprint density at radius 3 is 1.15 bits per heavy atom. The van der Waals surface area contributed by atoms with E-state index in [1.54, 1.807) is 13.8 Å². The van der Waals surface area contributed by atoms with Crippen molar-refractivity contribution in [2.75, 3.05) is 14.2 Å². The summed E-state index contributed by atoms with van der Waals surface area (Å²) in [6.45, 7) is 3.17. The third-order valence-corrected chi connectivity index (χ3v) is 9.53. The van der Waals surface area contributed by atoms with Crippen LogP contribution in [-0.4, -0.2) is 26.6 Å². The molecule has 176 valence electrons. The Labute approximate surface area is 186 Å². The van der Waals surface area contributed by atoms with Crippen LogP contribution >= 0.6 is 0 Å². The first-order valence-electron chi connectivity index (χ1n) is 10.7. The van der Waals surface area contributed by atoms with E-state index in [2.05, 4.69) is 0 Å². The molecule has 5 aliphatic rings. The zero-order valence-corrected chi connectivity index (χ0v) is 18.4. The summed E-state index contributed by atoms with van der Waals surface area (Å²) >= 11 is 0. The highest BCUT2D eigenvalue weighted by molar-refractivity contribution is 5.80. The Kier molecular flexibility index (Phi) is 3.40. The van der Waals surface area contributed by atoms with E-state index in [1.807, 2.05) is 0 Å². The SMILES string of the molecule is COc1ccc(C23C4C(C)(C)C5C2(c2ccc(OC)cc2)C5(C(F)(F)F)C43C(F)(F)F)cc1. The molecule has 6 unspecified atom stereocenters. The molecule has 0 saturated heterocycles. The molecule has 2 aromatic carbocycles. The second kappa shape index (κ2) is 5.31. The third-order valence-electron chi connectivity index (χ3n) is 9.53. The molecule has 5 aliphatic carbocycles. The minimum Gasteiger partial charge on any atom is -0.497 e. The number of benzene rings is 2. The quantitative estimate of drug-likeness (QED) is 0.491. The van der Waals surface area contributed by atoms with Gasteiger partial charge in [-0.15, -0.1) is 0 Å². The van der Waals surface area contributed by atoms with Gasteiger partial charge < -0.3 is 9.47 Å². The number of hydrogen-bond donors (Lipinski definition) is 0. The molecular weight excluding hydrogens is 446 g/mol. The summed E-state index contributed by atoms with van der Waals surface area (Å²) in [6.07, 6.45) is -10.0. The van der Waals surface area contributed by atoms with Crippen molar-refractivity contribution in [2.45, 2.75) is 37.0 Å². The molecule has 8 heteroatoms. The zero-order valence-electron chi connectivity index (χ0n) is 18.4. The van der Waals surface area contributed by atoms with Crippen molar-refractivity contribution in [1.29, 1.82) is 0 Å². The van der Waals surface area contributed by atoms with E-state index in [4.69, 9.17) is 9.47 Å². The van der Waals surface area contributed by atoms with Crippen LogP contribution in [0.25, 0.3) is 0 Å². The molecule has 5 saturated carbocycles. The van der Waals surface area contributed by atoms with Crippen molar-refractivity contribution in [3.8, 4) is 11.5 Å². The molecule has 7 rings (SSSR count). The van der Waals surface area contributed by atoms with Crippen molar-refractivity contribution in [1.82, 2.24) is 0 Å². The minimum absolute atomic E-state index is 0.300. The predicted molar refractivity (Wildman–Crippen MR) is 107 cm³/mol. The van der Waals surface area contributed by atoms with Crippen molar-refractivity contribution in [2.24, 2.45) is 28.1 Å². The van der Waals surface area contributed by atoms with Gasteiger partial charge in [-0.2, -0.15) is 26.3 Å². The Hall–Kier alpha value is -2.38. The molecule has 0 spiro atoms. The third kappa shape index (κ3) is 1.58. The van der Waals surface area contributed by atoms with Crippen LogP contribution in [0.2, 0.25) is 0 Å². The lowest BCUT2D eigenvalue weighted by atomic mass is 9.52. The maximum absolute atomic E-state index is 14.9. The summed E-state index contributed by atoms with van der Waals surface area (Å²) in [7, 11) is 2.87. The maximum atomic E-state index is 14.9. The average molecular weight is 468 g/mol. The zero-order chi connectivity index (χ0) is 24.0. The van der Waals surface area contributed by atoms with Gasteiger partial charge in [0.15, 0.2) is 0 Å². The Bertz CT molecular complexity index is 1080. The lowest BCUT2D eigenvalue weighted by Crippen LogP contribution is -2.62. The van der Waals surface area contributed by atoms with E-state index >= 15 is 0 Å². The molecule has 2 bridgehead atoms. The van der Waals surface area contributed by atoms with Gasteiger partial charge in [0.2, 0.25) is 0 Å². The number of hydrogen-bond acceptors (Lipinski definition) is 2. The van der Waals surface area contributed by atoms with Crippen LogP contribution in [0.15, 0.2) is 48.5 Å². The van der Waals surface area contributed by atoms with Gasteiger partial charge in [-0.25, -0.2) is 0 Å². The molecule has 0 radical (unpaired) electrons. The largest absolute Gasteiger partial charge is 0.497 e. The van der Waals surface area contributed by atoms with E-state index in [1.165, 1.54) is 62.8 Å². The fraction of sp³-hybridized carbons (Fsp3) is 0.520. The number of halogens is 6. The fourth-order valence-corrected chi connectivity index (χ4v) is 9.61. The summed E-state index contributed by atoms with van der Waals surface area (Å²) in [4.78, 5) is 0. The van der Waals surface area contributed by atoms with E-state index in [9.17, 15) is 26.3 Å². The smallest absolute Gasteiger partial charge is 0.396 e. The monoisotopic (exact) mass is 468 g/mol. The van der Waals surface area contributed by atoms with E-state index < -0.39 is 51.3 Å². The molecular formula is C25H22F6O2. The van der Waals surface area contributed by atoms with Crippen LogP contribution in [0.5, 0.6) is 11.5 Å². The second-order valence-corrected chi connectivity index (χ2v) is 10.4. The lowest BCUT2D eigenvalue weighted by Gasteiger charge is -2.51. The van der Waals surface area contributed by atoms with Crippen LogP contribution in [-0.2, 0) is 10.8 Å². The molecule has 0 aromatic heterocycles. The Morgan fingerprint density at radius 2 is 0.909 bits per heavy atom. The molecule has 33 heavy (non-hydrogen) atoms. The van der Waals surface area contributed by atoms with Crippen LogP contribution in [0.3, 0.4) is 0 Å². The van der Waals surface area contributed by atoms with Crippen molar-refractivity contribution < 1.29 is 35.8 Å². The molecule has 2 nitrogen and oxygen atoms in total. The van der Waals surface area contributed by atoms with Crippen LogP contribution in [0, 0.1) is 28.1 Å². The highest BCUT2D eigenvalue weighted by Crippen LogP contribution is 3.20. The van der Waals surface area contributed by atoms with Gasteiger partial charge in [-0.1, -0.05) is 38.1 Å². The van der Waals surface area contributed by atoms with Gasteiger partial charge in [0.25, 0.3) is 0 Å². The molecule has 0 heterocycles. The lowest BCUT2D eigenvalue weighted by molar-refractivity contribution is -0.316. The molecule has 0 amide bonds. The molecule has 5 fully saturated rings. The first-order chi connectivity index (χ1) is 15.3. The highest BCUT2D eigenvalue weighted by atomic mass is 19.4. The van der Waals surface area contributed by atoms with Crippen LogP contribution in [0.1, 0.15) is 25.0 Å². The summed E-state index contributed by atoms with van der Waals surface area (Å²) in [5.41, 5.74) is -9.58.